The Labute approximate surface area is 67.1 Å². The van der Waals surface area contributed by atoms with Gasteiger partial charge in [-0.2, -0.15) is 0 Å². The van der Waals surface area contributed by atoms with Crippen LogP contribution in [0.1, 0.15) is 13.8 Å². The molecule has 0 heterocycles. The monoisotopic (exact) mass is 148 g/mol. The molecule has 0 amide bonds. The Hall–Kier alpha value is -1.11. The van der Waals surface area contributed by atoms with E-state index in [0.29, 0.717) is 11.5 Å². The van der Waals surface area contributed by atoms with Gasteiger partial charge in [-0.1, -0.05) is 38.7 Å². The van der Waals surface area contributed by atoms with E-state index >= 15 is 0 Å². The third-order valence-corrected chi connectivity index (χ3v) is 1.75. The largest absolute Gasteiger partial charge is 0.289 e. The second-order valence-electron chi connectivity index (χ2n) is 2.99. The van der Waals surface area contributed by atoms with E-state index < -0.39 is 0 Å². The molecule has 0 aromatic heterocycles. The summed E-state index contributed by atoms with van der Waals surface area (Å²) in [7, 11) is 0. The average molecular weight is 148 g/mol. The molecule has 11 heavy (non-hydrogen) atoms. The van der Waals surface area contributed by atoms with E-state index in [2.05, 4.69) is 6.58 Å². The lowest BCUT2D eigenvalue weighted by molar-refractivity contribution is -0.112. The molecule has 0 fully saturated rings. The molecule has 0 saturated carbocycles. The van der Waals surface area contributed by atoms with Crippen molar-refractivity contribution in [3.8, 4) is 0 Å². The maximum Gasteiger partial charge on any atom is 0.188 e. The Bertz CT molecular complexity index is 254. The minimum atomic E-state index is 0.0856. The molecule has 0 aliphatic heterocycles. The minimum absolute atomic E-state index is 0.0856. The van der Waals surface area contributed by atoms with Gasteiger partial charge in [0.2, 0.25) is 0 Å². The molecule has 1 heteroatoms. The van der Waals surface area contributed by atoms with Crippen LogP contribution >= 0.6 is 0 Å². The molecule has 0 spiro atoms. The maximum absolute atomic E-state index is 11.3. The van der Waals surface area contributed by atoms with E-state index in [4.69, 9.17) is 0 Å². The van der Waals surface area contributed by atoms with Crippen molar-refractivity contribution < 1.29 is 4.79 Å². The summed E-state index contributed by atoms with van der Waals surface area (Å²) in [6, 6.07) is 0. The molecule has 0 radical (unpaired) electrons. The predicted octanol–water partition coefficient (Wildman–Crippen LogP) is 2.26. The van der Waals surface area contributed by atoms with Crippen LogP contribution < -0.4 is 0 Å². The van der Waals surface area contributed by atoms with Crippen LogP contribution in [0.25, 0.3) is 0 Å². The van der Waals surface area contributed by atoms with Gasteiger partial charge in [0.05, 0.1) is 0 Å². The van der Waals surface area contributed by atoms with Gasteiger partial charge < -0.3 is 0 Å². The van der Waals surface area contributed by atoms with Crippen LogP contribution in [0.15, 0.2) is 36.0 Å². The van der Waals surface area contributed by atoms with Crippen molar-refractivity contribution in [2.45, 2.75) is 13.8 Å². The van der Waals surface area contributed by atoms with Crippen molar-refractivity contribution in [3.63, 3.8) is 0 Å². The van der Waals surface area contributed by atoms with E-state index in [1.807, 2.05) is 26.0 Å². The van der Waals surface area contributed by atoms with Crippen LogP contribution in [-0.4, -0.2) is 5.78 Å². The molecule has 0 bridgehead atoms. The molecule has 0 aromatic rings. The van der Waals surface area contributed by atoms with E-state index in [1.54, 1.807) is 6.08 Å². The third kappa shape index (κ3) is 1.48. The Morgan fingerprint density at radius 3 is 2.55 bits per heavy atom. The molecule has 1 aliphatic rings. The zero-order valence-electron chi connectivity index (χ0n) is 6.92. The number of hydrogen-bond donors (Lipinski definition) is 0. The highest BCUT2D eigenvalue weighted by Gasteiger charge is 2.16. The van der Waals surface area contributed by atoms with Crippen molar-refractivity contribution in [2.75, 3.05) is 0 Å². The fraction of sp³-hybridized carbons (Fsp3) is 0.300. The maximum atomic E-state index is 11.3. The van der Waals surface area contributed by atoms with Gasteiger partial charge in [0.1, 0.15) is 0 Å². The Morgan fingerprint density at radius 1 is 1.45 bits per heavy atom. The average Bonchev–Trinajstić information content (AvgIpc) is 1.94. The second-order valence-corrected chi connectivity index (χ2v) is 2.99. The number of carbonyl (C=O) groups is 1. The number of hydrogen-bond acceptors (Lipinski definition) is 1. The standard InChI is InChI=1S/C10H12O/c1-7(2)9-6-4-5-8(3)10(9)11/h4-7H,3H2,1-2H3. The molecule has 1 nitrogen and oxygen atoms in total. The molecule has 0 saturated heterocycles. The normalized spacial score (nSPS) is 17.5. The number of carbonyl (C=O) groups excluding carboxylic acids is 1. The van der Waals surface area contributed by atoms with Gasteiger partial charge in [-0.05, 0) is 5.92 Å². The number of ketones is 1. The zero-order valence-corrected chi connectivity index (χ0v) is 6.92. The van der Waals surface area contributed by atoms with Crippen LogP contribution in [0.3, 0.4) is 0 Å². The number of allylic oxidation sites excluding steroid dienone is 5. The lowest BCUT2D eigenvalue weighted by Gasteiger charge is -2.12. The lowest BCUT2D eigenvalue weighted by atomic mass is 9.91. The van der Waals surface area contributed by atoms with E-state index in [9.17, 15) is 4.79 Å². The molecule has 0 atom stereocenters. The van der Waals surface area contributed by atoms with Gasteiger partial charge in [-0.15, -0.1) is 0 Å². The summed E-state index contributed by atoms with van der Waals surface area (Å²) in [4.78, 5) is 11.3. The van der Waals surface area contributed by atoms with Crippen LogP contribution in [0.5, 0.6) is 0 Å². The highest BCUT2D eigenvalue weighted by atomic mass is 16.1. The first-order valence-electron chi connectivity index (χ1n) is 3.75. The fourth-order valence-electron chi connectivity index (χ4n) is 1.06. The molecule has 1 aliphatic carbocycles. The Balaban J connectivity index is 2.96. The fourth-order valence-corrected chi connectivity index (χ4v) is 1.06. The molecule has 0 aromatic carbocycles. The second kappa shape index (κ2) is 2.87. The van der Waals surface area contributed by atoms with Crippen molar-refractivity contribution >= 4 is 5.78 Å². The minimum Gasteiger partial charge on any atom is -0.289 e. The topological polar surface area (TPSA) is 17.1 Å². The van der Waals surface area contributed by atoms with Crippen molar-refractivity contribution in [1.82, 2.24) is 0 Å². The van der Waals surface area contributed by atoms with Crippen LogP contribution in [0, 0.1) is 5.92 Å². The Kier molecular flexibility index (Phi) is 2.08. The summed E-state index contributed by atoms with van der Waals surface area (Å²) in [5.41, 5.74) is 1.45. The van der Waals surface area contributed by atoms with Gasteiger partial charge in [0.25, 0.3) is 0 Å². The van der Waals surface area contributed by atoms with E-state index in [0.717, 1.165) is 5.57 Å². The van der Waals surface area contributed by atoms with Gasteiger partial charge in [-0.3, -0.25) is 4.79 Å². The van der Waals surface area contributed by atoms with Crippen molar-refractivity contribution in [3.05, 3.63) is 36.0 Å². The molecule has 0 N–H and O–H groups in total. The lowest BCUT2D eigenvalue weighted by Crippen LogP contribution is -2.11. The predicted molar refractivity (Wildman–Crippen MR) is 46.2 cm³/mol. The quantitative estimate of drug-likeness (QED) is 0.521. The van der Waals surface area contributed by atoms with Crippen LogP contribution in [-0.2, 0) is 4.79 Å². The summed E-state index contributed by atoms with van der Waals surface area (Å²) < 4.78 is 0. The zero-order chi connectivity index (χ0) is 8.43. The Morgan fingerprint density at radius 2 is 2.09 bits per heavy atom. The summed E-state index contributed by atoms with van der Waals surface area (Å²) in [6.07, 6.45) is 5.48. The van der Waals surface area contributed by atoms with Crippen LogP contribution in [0.2, 0.25) is 0 Å². The number of rotatable bonds is 1. The summed E-state index contributed by atoms with van der Waals surface area (Å²) in [5.74, 6) is 0.381. The van der Waals surface area contributed by atoms with Gasteiger partial charge in [0.15, 0.2) is 5.78 Å². The van der Waals surface area contributed by atoms with Crippen molar-refractivity contribution in [2.24, 2.45) is 5.92 Å². The summed E-state index contributed by atoms with van der Waals surface area (Å²) in [6.45, 7) is 7.67. The SMILES string of the molecule is C=C1C=CC=C(C(C)C)C1=O. The highest BCUT2D eigenvalue weighted by molar-refractivity contribution is 6.11. The van der Waals surface area contributed by atoms with Gasteiger partial charge >= 0.3 is 0 Å². The molecule has 1 rings (SSSR count). The first-order chi connectivity index (χ1) is 5.13. The molecular formula is C10H12O. The van der Waals surface area contributed by atoms with Crippen LogP contribution in [0.4, 0.5) is 0 Å². The first kappa shape index (κ1) is 7.99. The third-order valence-electron chi connectivity index (χ3n) is 1.75. The summed E-state index contributed by atoms with van der Waals surface area (Å²) in [5, 5.41) is 0. The summed E-state index contributed by atoms with van der Waals surface area (Å²) >= 11 is 0. The molecule has 0 unspecified atom stereocenters. The first-order valence-corrected chi connectivity index (χ1v) is 3.75. The van der Waals surface area contributed by atoms with E-state index in [-0.39, 0.29) is 5.78 Å². The van der Waals surface area contributed by atoms with Crippen molar-refractivity contribution in [1.29, 1.82) is 0 Å². The number of Topliss-reactive ketones (excluding diaryl/α,β-unsaturated/α-hetero) is 1. The molecular weight excluding hydrogens is 136 g/mol. The molecule has 58 valence electrons. The smallest absolute Gasteiger partial charge is 0.188 e. The van der Waals surface area contributed by atoms with Gasteiger partial charge in [-0.25, -0.2) is 0 Å². The van der Waals surface area contributed by atoms with E-state index in [1.165, 1.54) is 0 Å². The van der Waals surface area contributed by atoms with Gasteiger partial charge in [0, 0.05) is 11.1 Å². The highest BCUT2D eigenvalue weighted by Crippen LogP contribution is 2.18.